The topological polar surface area (TPSA) is 60.0 Å². The first-order valence-corrected chi connectivity index (χ1v) is 9.79. The summed E-state index contributed by atoms with van der Waals surface area (Å²) in [5, 5.41) is 7.18. The monoisotopic (exact) mass is 377 g/mol. The number of carbonyl (C=O) groups is 1. The van der Waals surface area contributed by atoms with Gasteiger partial charge in [-0.05, 0) is 37.5 Å². The third kappa shape index (κ3) is 5.53. The largest absolute Gasteiger partial charge is 0.368 e. The maximum absolute atomic E-state index is 11.7. The van der Waals surface area contributed by atoms with E-state index >= 15 is 0 Å². The van der Waals surface area contributed by atoms with E-state index in [1.54, 1.807) is 0 Å². The van der Waals surface area contributed by atoms with E-state index in [2.05, 4.69) is 31.5 Å². The molecule has 0 aromatic heterocycles. The summed E-state index contributed by atoms with van der Waals surface area (Å²) >= 11 is 6.10. The van der Waals surface area contributed by atoms with Gasteiger partial charge in [-0.25, -0.2) is 0 Å². The van der Waals surface area contributed by atoms with Crippen LogP contribution in [-0.2, 0) is 4.79 Å². The molecule has 7 heteroatoms. The number of hydrogen-bond acceptors (Lipinski definition) is 3. The fourth-order valence-corrected chi connectivity index (χ4v) is 3.34. The molecule has 1 saturated heterocycles. The zero-order valence-corrected chi connectivity index (χ0v) is 16.1. The highest BCUT2D eigenvalue weighted by molar-refractivity contribution is 6.30. The van der Waals surface area contributed by atoms with Crippen LogP contribution in [0.4, 0.5) is 5.69 Å². The molecule has 0 atom stereocenters. The first-order chi connectivity index (χ1) is 12.7. The molecular formula is C19H28ClN5O. The average Bonchev–Trinajstić information content (AvgIpc) is 3.46. The standard InChI is InChI=1S/C19H28ClN5O/c1-21-19(22-9-3-6-18(26)23-16-7-8-16)25-12-10-24(11-13-25)17-5-2-4-15(20)14-17/h2,4-5,14,16H,3,6-13H2,1H3,(H,21,22)(H,23,26). The molecule has 2 aliphatic rings. The Bertz CT molecular complexity index is 639. The lowest BCUT2D eigenvalue weighted by Crippen LogP contribution is -2.52. The second-order valence-electron chi connectivity index (χ2n) is 6.87. The van der Waals surface area contributed by atoms with Crippen LogP contribution in [-0.4, -0.2) is 62.6 Å². The van der Waals surface area contributed by atoms with Crippen LogP contribution >= 0.6 is 11.6 Å². The zero-order chi connectivity index (χ0) is 18.4. The fraction of sp³-hybridized carbons (Fsp3) is 0.579. The smallest absolute Gasteiger partial charge is 0.220 e. The average molecular weight is 378 g/mol. The van der Waals surface area contributed by atoms with E-state index in [0.717, 1.165) is 63.0 Å². The number of amides is 1. The van der Waals surface area contributed by atoms with Crippen molar-refractivity contribution in [2.45, 2.75) is 31.7 Å². The van der Waals surface area contributed by atoms with E-state index in [1.165, 1.54) is 5.69 Å². The van der Waals surface area contributed by atoms with Crippen molar-refractivity contribution in [3.63, 3.8) is 0 Å². The van der Waals surface area contributed by atoms with E-state index in [-0.39, 0.29) is 5.91 Å². The number of nitrogens with zero attached hydrogens (tertiary/aromatic N) is 3. The van der Waals surface area contributed by atoms with Gasteiger partial charge in [-0.2, -0.15) is 0 Å². The Kier molecular flexibility index (Phi) is 6.61. The summed E-state index contributed by atoms with van der Waals surface area (Å²) in [4.78, 5) is 20.7. The highest BCUT2D eigenvalue weighted by Gasteiger charge is 2.23. The molecule has 1 aliphatic heterocycles. The van der Waals surface area contributed by atoms with Crippen LogP contribution in [0, 0.1) is 0 Å². The van der Waals surface area contributed by atoms with Crippen LogP contribution < -0.4 is 15.5 Å². The van der Waals surface area contributed by atoms with Gasteiger partial charge in [-0.15, -0.1) is 0 Å². The number of aliphatic imine (C=N–C) groups is 1. The van der Waals surface area contributed by atoms with Crippen molar-refractivity contribution in [3.8, 4) is 0 Å². The third-order valence-electron chi connectivity index (χ3n) is 4.77. The third-order valence-corrected chi connectivity index (χ3v) is 5.01. The summed E-state index contributed by atoms with van der Waals surface area (Å²) < 4.78 is 0. The van der Waals surface area contributed by atoms with Gasteiger partial charge in [0.1, 0.15) is 0 Å². The van der Waals surface area contributed by atoms with Gasteiger partial charge in [0, 0.05) is 62.9 Å². The van der Waals surface area contributed by atoms with Crippen molar-refractivity contribution < 1.29 is 4.79 Å². The van der Waals surface area contributed by atoms with Gasteiger partial charge in [0.05, 0.1) is 0 Å². The predicted octanol–water partition coefficient (Wildman–Crippen LogP) is 2.10. The lowest BCUT2D eigenvalue weighted by Gasteiger charge is -2.37. The molecule has 1 aliphatic carbocycles. The molecule has 0 unspecified atom stereocenters. The maximum atomic E-state index is 11.7. The molecule has 1 aromatic rings. The lowest BCUT2D eigenvalue weighted by molar-refractivity contribution is -0.121. The summed E-state index contributed by atoms with van der Waals surface area (Å²) in [6, 6.07) is 8.44. The van der Waals surface area contributed by atoms with Crippen LogP contribution in [0.2, 0.25) is 5.02 Å². The molecule has 2 fully saturated rings. The van der Waals surface area contributed by atoms with Gasteiger partial charge in [0.2, 0.25) is 5.91 Å². The van der Waals surface area contributed by atoms with Gasteiger partial charge in [-0.3, -0.25) is 9.79 Å². The number of piperazine rings is 1. The number of nitrogens with one attached hydrogen (secondary N) is 2. The molecule has 0 radical (unpaired) electrons. The SMILES string of the molecule is CN=C(NCCCC(=O)NC1CC1)N1CCN(c2cccc(Cl)c2)CC1. The molecule has 1 aromatic carbocycles. The quantitative estimate of drug-likeness (QED) is 0.453. The predicted molar refractivity (Wildman–Crippen MR) is 107 cm³/mol. The molecule has 142 valence electrons. The summed E-state index contributed by atoms with van der Waals surface area (Å²) in [6.45, 7) is 4.46. The first-order valence-electron chi connectivity index (χ1n) is 9.41. The van der Waals surface area contributed by atoms with Crippen molar-refractivity contribution in [2.24, 2.45) is 4.99 Å². The minimum absolute atomic E-state index is 0.166. The molecule has 1 saturated carbocycles. The van der Waals surface area contributed by atoms with Gasteiger partial charge in [0.25, 0.3) is 0 Å². The Morgan fingerprint density at radius 2 is 2.04 bits per heavy atom. The molecule has 26 heavy (non-hydrogen) atoms. The highest BCUT2D eigenvalue weighted by Crippen LogP contribution is 2.21. The van der Waals surface area contributed by atoms with Crippen LogP contribution in [0.15, 0.2) is 29.3 Å². The Morgan fingerprint density at radius 1 is 1.27 bits per heavy atom. The van der Waals surface area contributed by atoms with Gasteiger partial charge < -0.3 is 20.4 Å². The van der Waals surface area contributed by atoms with E-state index in [1.807, 2.05) is 25.2 Å². The molecule has 2 N–H and O–H groups in total. The summed E-state index contributed by atoms with van der Waals surface area (Å²) in [5.41, 5.74) is 1.17. The Balaban J connectivity index is 1.38. The summed E-state index contributed by atoms with van der Waals surface area (Å²) in [5.74, 6) is 1.08. The Hall–Kier alpha value is -1.95. The summed E-state index contributed by atoms with van der Waals surface area (Å²) in [7, 11) is 1.81. The number of guanidine groups is 1. The number of carbonyl (C=O) groups excluding carboxylic acids is 1. The number of benzene rings is 1. The first kappa shape index (κ1) is 18.8. The Labute approximate surface area is 160 Å². The molecular weight excluding hydrogens is 350 g/mol. The molecule has 1 amide bonds. The van der Waals surface area contributed by atoms with E-state index in [4.69, 9.17) is 11.6 Å². The van der Waals surface area contributed by atoms with E-state index < -0.39 is 0 Å². The van der Waals surface area contributed by atoms with E-state index in [9.17, 15) is 4.79 Å². The molecule has 0 bridgehead atoms. The molecule has 1 heterocycles. The molecule has 3 rings (SSSR count). The van der Waals surface area contributed by atoms with Crippen molar-refractivity contribution >= 4 is 29.2 Å². The number of rotatable bonds is 6. The van der Waals surface area contributed by atoms with Crippen molar-refractivity contribution in [1.82, 2.24) is 15.5 Å². The zero-order valence-electron chi connectivity index (χ0n) is 15.4. The van der Waals surface area contributed by atoms with Crippen molar-refractivity contribution in [3.05, 3.63) is 29.3 Å². The van der Waals surface area contributed by atoms with Gasteiger partial charge in [-0.1, -0.05) is 17.7 Å². The van der Waals surface area contributed by atoms with E-state index in [0.29, 0.717) is 12.5 Å². The number of halogens is 1. The molecule has 0 spiro atoms. The molecule has 6 nitrogen and oxygen atoms in total. The second-order valence-corrected chi connectivity index (χ2v) is 7.31. The van der Waals surface area contributed by atoms with Crippen LogP contribution in [0.5, 0.6) is 0 Å². The fourth-order valence-electron chi connectivity index (χ4n) is 3.16. The Morgan fingerprint density at radius 3 is 2.69 bits per heavy atom. The normalized spacial score (nSPS) is 18.0. The van der Waals surface area contributed by atoms with Crippen LogP contribution in [0.25, 0.3) is 0 Å². The van der Waals surface area contributed by atoms with Crippen LogP contribution in [0.3, 0.4) is 0 Å². The highest BCUT2D eigenvalue weighted by atomic mass is 35.5. The van der Waals surface area contributed by atoms with Gasteiger partial charge in [0.15, 0.2) is 5.96 Å². The van der Waals surface area contributed by atoms with Crippen LogP contribution in [0.1, 0.15) is 25.7 Å². The van der Waals surface area contributed by atoms with Gasteiger partial charge >= 0.3 is 0 Å². The lowest BCUT2D eigenvalue weighted by atomic mass is 10.2. The maximum Gasteiger partial charge on any atom is 0.220 e. The minimum atomic E-state index is 0.166. The number of hydrogen-bond donors (Lipinski definition) is 2. The van der Waals surface area contributed by atoms with Crippen molar-refractivity contribution in [2.75, 3.05) is 44.7 Å². The minimum Gasteiger partial charge on any atom is -0.368 e. The number of anilines is 1. The van der Waals surface area contributed by atoms with Crippen molar-refractivity contribution in [1.29, 1.82) is 0 Å². The summed E-state index contributed by atoms with van der Waals surface area (Å²) in [6.07, 6.45) is 3.67. The second kappa shape index (κ2) is 9.12.